The Morgan fingerprint density at radius 2 is 1.85 bits per heavy atom. The van der Waals surface area contributed by atoms with Gasteiger partial charge in [-0.05, 0) is 73.7 Å². The van der Waals surface area contributed by atoms with Crippen molar-refractivity contribution in [3.8, 4) is 23.0 Å². The lowest BCUT2D eigenvalue weighted by Crippen LogP contribution is -2.31. The van der Waals surface area contributed by atoms with Crippen molar-refractivity contribution in [1.82, 2.24) is 9.55 Å². The molecular formula is C36H39F2N3O5. The van der Waals surface area contributed by atoms with Crippen molar-refractivity contribution in [3.63, 3.8) is 0 Å². The van der Waals surface area contributed by atoms with Crippen LogP contribution >= 0.6 is 0 Å². The fourth-order valence-electron chi connectivity index (χ4n) is 5.40. The highest BCUT2D eigenvalue weighted by Gasteiger charge is 2.29. The maximum Gasteiger partial charge on any atom is 0.230 e. The zero-order chi connectivity index (χ0) is 32.8. The first kappa shape index (κ1) is 32.5. The normalized spacial score (nSPS) is 14.2. The number of ether oxygens (including phenoxy) is 4. The predicted molar refractivity (Wildman–Crippen MR) is 173 cm³/mol. The summed E-state index contributed by atoms with van der Waals surface area (Å²) in [5, 5.41) is 2.97. The number of amides is 1. The van der Waals surface area contributed by atoms with Crippen LogP contribution in [-0.2, 0) is 18.3 Å². The summed E-state index contributed by atoms with van der Waals surface area (Å²) in [7, 11) is 5.03. The molecular weight excluding hydrogens is 592 g/mol. The third-order valence-electron chi connectivity index (χ3n) is 8.17. The molecule has 5 rings (SSSR count). The van der Waals surface area contributed by atoms with Gasteiger partial charge in [0.25, 0.3) is 0 Å². The van der Waals surface area contributed by atoms with Crippen molar-refractivity contribution in [2.75, 3.05) is 26.1 Å². The number of aromatic nitrogens is 2. The van der Waals surface area contributed by atoms with E-state index in [2.05, 4.69) is 10.3 Å². The van der Waals surface area contributed by atoms with Crippen molar-refractivity contribution in [2.45, 2.75) is 45.6 Å². The third kappa shape index (κ3) is 7.50. The van der Waals surface area contributed by atoms with E-state index >= 15 is 0 Å². The van der Waals surface area contributed by atoms with Gasteiger partial charge < -0.3 is 28.8 Å². The number of fused-ring (bicyclic) bond motifs is 1. The van der Waals surface area contributed by atoms with Gasteiger partial charge in [-0.1, -0.05) is 19.9 Å². The van der Waals surface area contributed by atoms with Crippen molar-refractivity contribution in [3.05, 3.63) is 95.6 Å². The van der Waals surface area contributed by atoms with Crippen LogP contribution in [0.15, 0.2) is 67.0 Å². The number of benzene rings is 3. The Labute approximate surface area is 268 Å². The Kier molecular flexibility index (Phi) is 9.94. The van der Waals surface area contributed by atoms with E-state index in [1.54, 1.807) is 38.6 Å². The molecule has 3 aromatic carbocycles. The number of halogens is 2. The van der Waals surface area contributed by atoms with Gasteiger partial charge in [-0.25, -0.2) is 13.8 Å². The van der Waals surface area contributed by atoms with Gasteiger partial charge in [0.15, 0.2) is 0 Å². The summed E-state index contributed by atoms with van der Waals surface area (Å²) in [6.07, 6.45) is 7.34. The molecule has 46 heavy (non-hydrogen) atoms. The van der Waals surface area contributed by atoms with E-state index in [1.165, 1.54) is 12.1 Å². The maximum atomic E-state index is 14.3. The van der Waals surface area contributed by atoms with Gasteiger partial charge >= 0.3 is 0 Å². The molecule has 10 heteroatoms. The molecule has 0 aliphatic carbocycles. The van der Waals surface area contributed by atoms with Crippen LogP contribution in [0.1, 0.15) is 50.1 Å². The van der Waals surface area contributed by atoms with Crippen molar-refractivity contribution in [1.29, 1.82) is 0 Å². The van der Waals surface area contributed by atoms with E-state index in [0.717, 1.165) is 23.0 Å². The number of hydrogen-bond acceptors (Lipinski definition) is 6. The number of imidazole rings is 1. The first-order valence-electron chi connectivity index (χ1n) is 15.2. The standard InChI is InChI=1S/C36H39F2N3O5/c1-36(2,35(42)40-30-12-10-26(43-4)22-33(30)44-5)15-6-18-45-27-11-14-31-24(19-27)20-28(34-39-16-17-41(34)3)32(46-31)13-8-23-7-9-25(37)21-29(23)38/h7,9-12,14,16-17,19-22,32H,6,8,13,15,18H2,1-5H3,(H,40,42). The number of methoxy groups -OCH3 is 2. The molecule has 1 aliphatic rings. The largest absolute Gasteiger partial charge is 0.497 e. The Balaban J connectivity index is 1.22. The minimum atomic E-state index is -0.649. The number of rotatable bonds is 13. The highest BCUT2D eigenvalue weighted by Crippen LogP contribution is 2.38. The summed E-state index contributed by atoms with van der Waals surface area (Å²) >= 11 is 0. The van der Waals surface area contributed by atoms with Crippen molar-refractivity contribution >= 4 is 23.2 Å². The van der Waals surface area contributed by atoms with Crippen LogP contribution in [0.4, 0.5) is 14.5 Å². The summed E-state index contributed by atoms with van der Waals surface area (Å²) in [5.74, 6) is 1.98. The van der Waals surface area contributed by atoms with Gasteiger partial charge in [-0.15, -0.1) is 0 Å². The molecule has 2 heterocycles. The van der Waals surface area contributed by atoms with E-state index in [1.807, 2.05) is 55.9 Å². The smallest absolute Gasteiger partial charge is 0.230 e. The lowest BCUT2D eigenvalue weighted by molar-refractivity contribution is -0.124. The van der Waals surface area contributed by atoms with E-state index in [4.69, 9.17) is 18.9 Å². The van der Waals surface area contributed by atoms with Gasteiger partial charge in [-0.3, -0.25) is 4.79 Å². The molecule has 0 bridgehead atoms. The molecule has 4 aromatic rings. The highest BCUT2D eigenvalue weighted by molar-refractivity contribution is 5.96. The molecule has 0 spiro atoms. The van der Waals surface area contributed by atoms with Gasteiger partial charge in [0.1, 0.15) is 46.6 Å². The molecule has 1 N–H and O–H groups in total. The quantitative estimate of drug-likeness (QED) is 0.154. The molecule has 242 valence electrons. The number of anilines is 1. The Bertz CT molecular complexity index is 1730. The van der Waals surface area contributed by atoms with Gasteiger partial charge in [0.2, 0.25) is 5.91 Å². The first-order valence-corrected chi connectivity index (χ1v) is 15.2. The minimum Gasteiger partial charge on any atom is -0.497 e. The fourth-order valence-corrected chi connectivity index (χ4v) is 5.40. The lowest BCUT2D eigenvalue weighted by atomic mass is 9.87. The summed E-state index contributed by atoms with van der Waals surface area (Å²) in [6.45, 7) is 4.22. The summed E-state index contributed by atoms with van der Waals surface area (Å²) in [5.41, 5.74) is 2.06. The number of aryl methyl sites for hydroxylation is 2. The predicted octanol–water partition coefficient (Wildman–Crippen LogP) is 7.47. The van der Waals surface area contributed by atoms with Gasteiger partial charge in [0, 0.05) is 48.1 Å². The van der Waals surface area contributed by atoms with Crippen LogP contribution < -0.4 is 24.3 Å². The topological polar surface area (TPSA) is 83.8 Å². The highest BCUT2D eigenvalue weighted by atomic mass is 19.1. The van der Waals surface area contributed by atoms with Crippen molar-refractivity contribution < 1.29 is 32.5 Å². The monoisotopic (exact) mass is 631 g/mol. The summed E-state index contributed by atoms with van der Waals surface area (Å²) in [6, 6.07) is 14.5. The fraction of sp³-hybridized carbons (Fsp3) is 0.333. The lowest BCUT2D eigenvalue weighted by Gasteiger charge is -2.28. The molecule has 8 nitrogen and oxygen atoms in total. The second-order valence-corrected chi connectivity index (χ2v) is 11.9. The number of nitrogens with one attached hydrogen (secondary N) is 1. The second-order valence-electron chi connectivity index (χ2n) is 11.9. The van der Waals surface area contributed by atoms with Crippen LogP contribution in [-0.4, -0.2) is 42.4 Å². The van der Waals surface area contributed by atoms with Crippen LogP contribution in [0.2, 0.25) is 0 Å². The number of nitrogens with zero attached hydrogens (tertiary/aromatic N) is 2. The molecule has 0 radical (unpaired) electrons. The van der Waals surface area contributed by atoms with Crippen LogP contribution in [0.25, 0.3) is 11.6 Å². The number of carbonyl (C=O) groups excluding carboxylic acids is 1. The van der Waals surface area contributed by atoms with E-state index in [-0.39, 0.29) is 12.0 Å². The molecule has 1 unspecified atom stereocenters. The van der Waals surface area contributed by atoms with Crippen molar-refractivity contribution in [2.24, 2.45) is 12.5 Å². The van der Waals surface area contributed by atoms with E-state index in [9.17, 15) is 13.6 Å². The number of carbonyl (C=O) groups is 1. The minimum absolute atomic E-state index is 0.120. The van der Waals surface area contributed by atoms with Crippen LogP contribution in [0.3, 0.4) is 0 Å². The van der Waals surface area contributed by atoms with E-state index < -0.39 is 17.0 Å². The molecule has 0 fully saturated rings. The van der Waals surface area contributed by atoms with Crippen LogP contribution in [0.5, 0.6) is 23.0 Å². The zero-order valence-electron chi connectivity index (χ0n) is 26.7. The number of hydrogen-bond donors (Lipinski definition) is 1. The Morgan fingerprint density at radius 3 is 2.57 bits per heavy atom. The SMILES string of the molecule is COc1ccc(NC(=O)C(C)(C)CCCOc2ccc3c(c2)C=C(c2nccn2C)C(CCc2ccc(F)cc2F)O3)c(OC)c1. The van der Waals surface area contributed by atoms with Crippen LogP contribution in [0, 0.1) is 17.0 Å². The van der Waals surface area contributed by atoms with E-state index in [0.29, 0.717) is 66.5 Å². The van der Waals surface area contributed by atoms with Gasteiger partial charge in [0.05, 0.1) is 26.5 Å². The molecule has 1 aromatic heterocycles. The average Bonchev–Trinajstić information content (AvgIpc) is 3.47. The Hall–Kier alpha value is -4.86. The molecule has 1 amide bonds. The molecule has 0 saturated heterocycles. The molecule has 1 aliphatic heterocycles. The summed E-state index contributed by atoms with van der Waals surface area (Å²) < 4.78 is 52.8. The molecule has 0 saturated carbocycles. The summed E-state index contributed by atoms with van der Waals surface area (Å²) in [4.78, 5) is 17.6. The maximum absolute atomic E-state index is 14.3. The first-order chi connectivity index (χ1) is 22.1. The second kappa shape index (κ2) is 14.1. The van der Waals surface area contributed by atoms with Gasteiger partial charge in [-0.2, -0.15) is 0 Å². The zero-order valence-corrected chi connectivity index (χ0v) is 26.7. The average molecular weight is 632 g/mol. The Morgan fingerprint density at radius 1 is 1.04 bits per heavy atom. The molecule has 1 atom stereocenters. The third-order valence-corrected chi connectivity index (χ3v) is 8.17.